The molecule has 0 aliphatic carbocycles. The molecule has 1 aromatic heterocycles. The van der Waals surface area contributed by atoms with Gasteiger partial charge in [0.25, 0.3) is 0 Å². The summed E-state index contributed by atoms with van der Waals surface area (Å²) in [5, 5.41) is 0. The molecule has 0 bridgehead atoms. The van der Waals surface area contributed by atoms with Crippen molar-refractivity contribution in [2.24, 2.45) is 0 Å². The lowest BCUT2D eigenvalue weighted by Crippen LogP contribution is -2.40. The Morgan fingerprint density at radius 3 is 2.65 bits per heavy atom. The number of ether oxygens (including phenoxy) is 1. The number of methoxy groups -OCH3 is 1. The highest BCUT2D eigenvalue weighted by Gasteiger charge is 2.35. The largest absolute Gasteiger partial charge is 0.380 e. The maximum absolute atomic E-state index is 5.56. The summed E-state index contributed by atoms with van der Waals surface area (Å²) < 4.78 is 6.47. The zero-order valence-corrected chi connectivity index (χ0v) is 13.4. The van der Waals surface area contributed by atoms with Crippen molar-refractivity contribution in [1.82, 2.24) is 14.9 Å². The van der Waals surface area contributed by atoms with Gasteiger partial charge in [-0.3, -0.25) is 0 Å². The van der Waals surface area contributed by atoms with Crippen molar-refractivity contribution in [2.45, 2.75) is 31.4 Å². The zero-order valence-electron chi connectivity index (χ0n) is 11.8. The van der Waals surface area contributed by atoms with Gasteiger partial charge in [-0.1, -0.05) is 0 Å². The van der Waals surface area contributed by atoms with Crippen LogP contribution in [0, 0.1) is 0 Å². The fraction of sp³-hybridized carbons (Fsp3) is 0.714. The molecule has 2 atom stereocenters. The molecular formula is C14H21BrN4O. The lowest BCUT2D eigenvalue weighted by atomic mass is 10.2. The Hall–Kier alpha value is -0.720. The van der Waals surface area contributed by atoms with Crippen molar-refractivity contribution in [1.29, 1.82) is 0 Å². The molecule has 0 aromatic carbocycles. The molecule has 0 spiro atoms. The minimum absolute atomic E-state index is 0.287. The molecule has 0 N–H and O–H groups in total. The molecule has 0 amide bonds. The second-order valence-electron chi connectivity index (χ2n) is 5.61. The first-order valence-electron chi connectivity index (χ1n) is 7.25. The summed E-state index contributed by atoms with van der Waals surface area (Å²) in [7, 11) is 1.80. The van der Waals surface area contributed by atoms with Crippen LogP contribution in [0.1, 0.15) is 19.3 Å². The van der Waals surface area contributed by atoms with Gasteiger partial charge in [0.05, 0.1) is 10.6 Å². The summed E-state index contributed by atoms with van der Waals surface area (Å²) in [4.78, 5) is 13.8. The first-order valence-corrected chi connectivity index (χ1v) is 8.05. The SMILES string of the molecule is CO[C@H]1C[C@@H](CN2CCCC2)N(c2ncc(Br)cn2)C1. The molecule has 6 heteroatoms. The molecule has 0 unspecified atom stereocenters. The number of rotatable bonds is 4. The molecule has 2 aliphatic heterocycles. The minimum atomic E-state index is 0.287. The lowest BCUT2D eigenvalue weighted by molar-refractivity contribution is 0.116. The molecule has 3 heterocycles. The van der Waals surface area contributed by atoms with Gasteiger partial charge in [0.1, 0.15) is 0 Å². The third-order valence-electron chi connectivity index (χ3n) is 4.24. The third kappa shape index (κ3) is 3.13. The van der Waals surface area contributed by atoms with Crippen LogP contribution in [0.5, 0.6) is 0 Å². The summed E-state index contributed by atoms with van der Waals surface area (Å²) in [6.45, 7) is 4.43. The number of hydrogen-bond donors (Lipinski definition) is 0. The van der Waals surface area contributed by atoms with Gasteiger partial charge in [-0.25, -0.2) is 9.97 Å². The monoisotopic (exact) mass is 340 g/mol. The predicted molar refractivity (Wildman–Crippen MR) is 82.0 cm³/mol. The van der Waals surface area contributed by atoms with E-state index in [2.05, 4.69) is 35.7 Å². The number of anilines is 1. The van der Waals surface area contributed by atoms with Crippen molar-refractivity contribution < 1.29 is 4.74 Å². The van der Waals surface area contributed by atoms with Gasteiger partial charge in [-0.05, 0) is 48.3 Å². The van der Waals surface area contributed by atoms with Gasteiger partial charge in [-0.2, -0.15) is 0 Å². The Bertz CT molecular complexity index is 435. The average Bonchev–Trinajstić information content (AvgIpc) is 3.10. The van der Waals surface area contributed by atoms with Crippen LogP contribution in [0.25, 0.3) is 0 Å². The number of hydrogen-bond acceptors (Lipinski definition) is 5. The summed E-state index contributed by atoms with van der Waals surface area (Å²) in [6.07, 6.45) is 7.64. The van der Waals surface area contributed by atoms with E-state index in [0.29, 0.717) is 6.04 Å². The molecule has 2 fully saturated rings. The Balaban J connectivity index is 1.73. The molecule has 1 aromatic rings. The van der Waals surface area contributed by atoms with Gasteiger partial charge in [0.2, 0.25) is 5.95 Å². The summed E-state index contributed by atoms with van der Waals surface area (Å²) in [5.41, 5.74) is 0. The minimum Gasteiger partial charge on any atom is -0.380 e. The molecule has 2 saturated heterocycles. The maximum Gasteiger partial charge on any atom is 0.225 e. The van der Waals surface area contributed by atoms with E-state index in [0.717, 1.165) is 29.9 Å². The van der Waals surface area contributed by atoms with Crippen LogP contribution in [0.2, 0.25) is 0 Å². The fourth-order valence-corrected chi connectivity index (χ4v) is 3.38. The van der Waals surface area contributed by atoms with Crippen LogP contribution in [0.3, 0.4) is 0 Å². The van der Waals surface area contributed by atoms with E-state index in [1.807, 2.05) is 12.4 Å². The van der Waals surface area contributed by atoms with Gasteiger partial charge in [0, 0.05) is 38.6 Å². The number of aromatic nitrogens is 2. The standard InChI is InChI=1S/C14H21BrN4O/c1-20-13-6-12(9-18-4-2-3-5-18)19(10-13)14-16-7-11(15)8-17-14/h7-8,12-13H,2-6,9-10H2,1H3/t12-,13-/m0/s1. The van der Waals surface area contributed by atoms with E-state index in [-0.39, 0.29) is 6.10 Å². The van der Waals surface area contributed by atoms with Crippen molar-refractivity contribution in [3.05, 3.63) is 16.9 Å². The highest BCUT2D eigenvalue weighted by Crippen LogP contribution is 2.26. The third-order valence-corrected chi connectivity index (χ3v) is 4.65. The Kier molecular flexibility index (Phi) is 4.53. The number of nitrogens with zero attached hydrogens (tertiary/aromatic N) is 4. The molecule has 3 rings (SSSR count). The molecule has 5 nitrogen and oxygen atoms in total. The maximum atomic E-state index is 5.56. The first-order chi connectivity index (χ1) is 9.76. The van der Waals surface area contributed by atoms with Gasteiger partial charge < -0.3 is 14.5 Å². The van der Waals surface area contributed by atoms with E-state index < -0.39 is 0 Å². The topological polar surface area (TPSA) is 41.5 Å². The van der Waals surface area contributed by atoms with Crippen LogP contribution in [-0.2, 0) is 4.74 Å². The molecule has 2 aliphatic rings. The van der Waals surface area contributed by atoms with Crippen LogP contribution >= 0.6 is 15.9 Å². The highest BCUT2D eigenvalue weighted by molar-refractivity contribution is 9.10. The summed E-state index contributed by atoms with van der Waals surface area (Å²) >= 11 is 3.39. The smallest absolute Gasteiger partial charge is 0.225 e. The Morgan fingerprint density at radius 2 is 2.00 bits per heavy atom. The van der Waals surface area contributed by atoms with Crippen molar-refractivity contribution >= 4 is 21.9 Å². The van der Waals surface area contributed by atoms with Crippen molar-refractivity contribution in [2.75, 3.05) is 38.2 Å². The van der Waals surface area contributed by atoms with Crippen LogP contribution < -0.4 is 4.90 Å². The first kappa shape index (κ1) is 14.2. The van der Waals surface area contributed by atoms with Crippen LogP contribution in [0.4, 0.5) is 5.95 Å². The van der Waals surface area contributed by atoms with E-state index in [1.54, 1.807) is 7.11 Å². The van der Waals surface area contributed by atoms with Crippen LogP contribution in [0.15, 0.2) is 16.9 Å². The second kappa shape index (κ2) is 6.37. The van der Waals surface area contributed by atoms with E-state index in [1.165, 1.54) is 25.9 Å². The summed E-state index contributed by atoms with van der Waals surface area (Å²) in [6, 6.07) is 0.458. The fourth-order valence-electron chi connectivity index (χ4n) is 3.18. The van der Waals surface area contributed by atoms with Crippen molar-refractivity contribution in [3.8, 4) is 0 Å². The quantitative estimate of drug-likeness (QED) is 0.837. The Morgan fingerprint density at radius 1 is 1.30 bits per heavy atom. The molecule has 0 radical (unpaired) electrons. The van der Waals surface area contributed by atoms with Gasteiger partial charge >= 0.3 is 0 Å². The molecular weight excluding hydrogens is 320 g/mol. The lowest BCUT2D eigenvalue weighted by Gasteiger charge is -2.28. The molecule has 0 saturated carbocycles. The number of likely N-dealkylation sites (tertiary alicyclic amines) is 1. The normalized spacial score (nSPS) is 27.4. The second-order valence-corrected chi connectivity index (χ2v) is 6.52. The van der Waals surface area contributed by atoms with E-state index in [9.17, 15) is 0 Å². The number of halogens is 1. The molecule has 20 heavy (non-hydrogen) atoms. The van der Waals surface area contributed by atoms with E-state index in [4.69, 9.17) is 4.74 Å². The molecule has 110 valence electrons. The van der Waals surface area contributed by atoms with Crippen LogP contribution in [-0.4, -0.2) is 60.3 Å². The zero-order chi connectivity index (χ0) is 13.9. The van der Waals surface area contributed by atoms with Gasteiger partial charge in [-0.15, -0.1) is 0 Å². The Labute approximate surface area is 128 Å². The van der Waals surface area contributed by atoms with E-state index >= 15 is 0 Å². The summed E-state index contributed by atoms with van der Waals surface area (Å²) in [5.74, 6) is 0.817. The highest BCUT2D eigenvalue weighted by atomic mass is 79.9. The van der Waals surface area contributed by atoms with Gasteiger partial charge in [0.15, 0.2) is 0 Å². The predicted octanol–water partition coefficient (Wildman–Crippen LogP) is 1.93. The average molecular weight is 341 g/mol. The van der Waals surface area contributed by atoms with Crippen molar-refractivity contribution in [3.63, 3.8) is 0 Å².